The Morgan fingerprint density at radius 3 is 2.43 bits per heavy atom. The molecule has 168 valence electrons. The smallest absolute Gasteiger partial charge is 0.353 e. The number of hydrogen-bond acceptors (Lipinski definition) is 4. The maximum absolute atomic E-state index is 12.8. The average Bonchev–Trinajstić information content (AvgIpc) is 2.73. The highest BCUT2D eigenvalue weighted by molar-refractivity contribution is 6.33. The molecular weight excluding hydrogens is 417 g/mol. The summed E-state index contributed by atoms with van der Waals surface area (Å²) in [6, 6.07) is 1.29. The molecule has 30 heavy (non-hydrogen) atoms. The van der Waals surface area contributed by atoms with Gasteiger partial charge in [0.25, 0.3) is 0 Å². The number of nitrogens with one attached hydrogen (secondary N) is 1. The van der Waals surface area contributed by atoms with Gasteiger partial charge >= 0.3 is 6.18 Å². The van der Waals surface area contributed by atoms with E-state index in [4.69, 9.17) is 11.6 Å². The summed E-state index contributed by atoms with van der Waals surface area (Å²) in [5.41, 5.74) is -0.820. The maximum atomic E-state index is 12.8. The van der Waals surface area contributed by atoms with E-state index in [2.05, 4.69) is 15.2 Å². The lowest BCUT2D eigenvalue weighted by Gasteiger charge is -2.37. The number of rotatable bonds is 6. The van der Waals surface area contributed by atoms with Crippen molar-refractivity contribution in [3.8, 4) is 0 Å². The molecule has 1 aliphatic heterocycles. The highest BCUT2D eigenvalue weighted by atomic mass is 35.5. The van der Waals surface area contributed by atoms with Crippen LogP contribution in [0.1, 0.15) is 51.0 Å². The van der Waals surface area contributed by atoms with Gasteiger partial charge in [-0.25, -0.2) is 4.98 Å². The fourth-order valence-electron chi connectivity index (χ4n) is 4.29. The lowest BCUT2D eigenvalue weighted by Crippen LogP contribution is -2.47. The molecule has 5 nitrogen and oxygen atoms in total. The third-order valence-electron chi connectivity index (χ3n) is 6.21. The quantitative estimate of drug-likeness (QED) is 0.705. The number of carbonyl (C=O) groups is 1. The van der Waals surface area contributed by atoms with E-state index in [-0.39, 0.29) is 10.9 Å². The van der Waals surface area contributed by atoms with Crippen molar-refractivity contribution in [1.82, 2.24) is 15.2 Å². The molecular formula is C21H30ClF3N4O. The number of halogens is 4. The minimum Gasteiger partial charge on any atom is -0.353 e. The van der Waals surface area contributed by atoms with Gasteiger partial charge in [0.2, 0.25) is 5.91 Å². The van der Waals surface area contributed by atoms with Crippen molar-refractivity contribution in [2.24, 2.45) is 5.92 Å². The largest absolute Gasteiger partial charge is 0.417 e. The Hall–Kier alpha value is -1.54. The van der Waals surface area contributed by atoms with E-state index < -0.39 is 11.7 Å². The van der Waals surface area contributed by atoms with Gasteiger partial charge in [0.1, 0.15) is 5.82 Å². The van der Waals surface area contributed by atoms with Crippen molar-refractivity contribution in [2.45, 2.75) is 57.7 Å². The van der Waals surface area contributed by atoms with Crippen LogP contribution in [-0.4, -0.2) is 54.6 Å². The number of pyridine rings is 1. The molecule has 0 atom stereocenters. The Bertz CT molecular complexity index is 715. The SMILES string of the molecule is CCC(=O)N[C@H]1CC[C@H](CCN2CCN(c3ncc(C(F)(F)F)cc3Cl)CC2)CC1. The second-order valence-electron chi connectivity index (χ2n) is 8.28. The van der Waals surface area contributed by atoms with Gasteiger partial charge in [-0.2, -0.15) is 13.2 Å². The predicted octanol–water partition coefficient (Wildman–Crippen LogP) is 4.35. The fourth-order valence-corrected chi connectivity index (χ4v) is 4.58. The summed E-state index contributed by atoms with van der Waals surface area (Å²) in [7, 11) is 0. The first-order chi connectivity index (χ1) is 14.3. The molecule has 2 heterocycles. The zero-order valence-electron chi connectivity index (χ0n) is 17.3. The van der Waals surface area contributed by atoms with E-state index in [1.54, 1.807) is 0 Å². The van der Waals surface area contributed by atoms with Crippen LogP contribution in [0.3, 0.4) is 0 Å². The van der Waals surface area contributed by atoms with Gasteiger partial charge in [-0.15, -0.1) is 0 Å². The van der Waals surface area contributed by atoms with Gasteiger partial charge in [0.05, 0.1) is 10.6 Å². The Morgan fingerprint density at radius 2 is 1.87 bits per heavy atom. The van der Waals surface area contributed by atoms with E-state index in [1.165, 1.54) is 0 Å². The number of piperazine rings is 1. The topological polar surface area (TPSA) is 48.5 Å². The second-order valence-corrected chi connectivity index (χ2v) is 8.69. The third kappa shape index (κ3) is 6.23. The highest BCUT2D eigenvalue weighted by Gasteiger charge is 2.32. The van der Waals surface area contributed by atoms with Crippen molar-refractivity contribution in [2.75, 3.05) is 37.6 Å². The van der Waals surface area contributed by atoms with Gasteiger partial charge in [0.15, 0.2) is 0 Å². The van der Waals surface area contributed by atoms with Crippen molar-refractivity contribution in [3.63, 3.8) is 0 Å². The predicted molar refractivity (Wildman–Crippen MR) is 112 cm³/mol. The molecule has 0 unspecified atom stereocenters. The summed E-state index contributed by atoms with van der Waals surface area (Å²) < 4.78 is 38.4. The lowest BCUT2D eigenvalue weighted by atomic mass is 9.84. The van der Waals surface area contributed by atoms with E-state index in [1.807, 2.05) is 11.8 Å². The van der Waals surface area contributed by atoms with Crippen LogP contribution in [0.2, 0.25) is 5.02 Å². The number of nitrogens with zero attached hydrogens (tertiary/aromatic N) is 3. The summed E-state index contributed by atoms with van der Waals surface area (Å²) >= 11 is 6.08. The molecule has 2 fully saturated rings. The minimum absolute atomic E-state index is 0.0465. The number of aromatic nitrogens is 1. The molecule has 0 radical (unpaired) electrons. The maximum Gasteiger partial charge on any atom is 0.417 e. The van der Waals surface area contributed by atoms with Crippen molar-refractivity contribution >= 4 is 23.3 Å². The van der Waals surface area contributed by atoms with E-state index in [0.29, 0.717) is 37.3 Å². The van der Waals surface area contributed by atoms with Crippen LogP contribution in [0, 0.1) is 5.92 Å². The normalized spacial score (nSPS) is 23.4. The van der Waals surface area contributed by atoms with Gasteiger partial charge in [-0.1, -0.05) is 18.5 Å². The molecule has 1 aromatic heterocycles. The average molecular weight is 447 g/mol. The van der Waals surface area contributed by atoms with Crippen LogP contribution >= 0.6 is 11.6 Å². The molecule has 1 aliphatic carbocycles. The molecule has 0 spiro atoms. The first-order valence-electron chi connectivity index (χ1n) is 10.8. The molecule has 2 aliphatic rings. The summed E-state index contributed by atoms with van der Waals surface area (Å²) in [5, 5.41) is 3.14. The number of anilines is 1. The third-order valence-corrected chi connectivity index (χ3v) is 6.49. The van der Waals surface area contributed by atoms with Gasteiger partial charge < -0.3 is 10.2 Å². The molecule has 1 saturated carbocycles. The molecule has 0 bridgehead atoms. The summed E-state index contributed by atoms with van der Waals surface area (Å²) in [6.45, 7) is 6.00. The number of amides is 1. The molecule has 3 rings (SSSR count). The minimum atomic E-state index is -4.44. The summed E-state index contributed by atoms with van der Waals surface area (Å²) in [5.74, 6) is 1.26. The number of hydrogen-bond donors (Lipinski definition) is 1. The van der Waals surface area contributed by atoms with Gasteiger partial charge in [-0.05, 0) is 50.6 Å². The molecule has 1 amide bonds. The van der Waals surface area contributed by atoms with Gasteiger partial charge in [0, 0.05) is 44.8 Å². The van der Waals surface area contributed by atoms with Crippen molar-refractivity contribution in [1.29, 1.82) is 0 Å². The number of alkyl halides is 3. The van der Waals surface area contributed by atoms with Crippen LogP contribution in [0.25, 0.3) is 0 Å². The monoisotopic (exact) mass is 446 g/mol. The highest BCUT2D eigenvalue weighted by Crippen LogP contribution is 2.34. The summed E-state index contributed by atoms with van der Waals surface area (Å²) in [4.78, 5) is 19.9. The zero-order valence-corrected chi connectivity index (χ0v) is 18.1. The molecule has 1 N–H and O–H groups in total. The number of carbonyl (C=O) groups excluding carboxylic acids is 1. The summed E-state index contributed by atoms with van der Waals surface area (Å²) in [6.07, 6.45) is 2.53. The lowest BCUT2D eigenvalue weighted by molar-refractivity contribution is -0.137. The van der Waals surface area contributed by atoms with Crippen LogP contribution in [-0.2, 0) is 11.0 Å². The van der Waals surface area contributed by atoms with Crippen LogP contribution in [0.4, 0.5) is 19.0 Å². The Kier molecular flexibility index (Phi) is 7.85. The molecule has 9 heteroatoms. The van der Waals surface area contributed by atoms with Crippen LogP contribution < -0.4 is 10.2 Å². The molecule has 0 aromatic carbocycles. The molecule has 1 saturated heterocycles. The van der Waals surface area contributed by atoms with Crippen LogP contribution in [0.15, 0.2) is 12.3 Å². The fraction of sp³-hybridized carbons (Fsp3) is 0.714. The van der Waals surface area contributed by atoms with Crippen molar-refractivity contribution < 1.29 is 18.0 Å². The Labute approximate surface area is 181 Å². The van der Waals surface area contributed by atoms with E-state index >= 15 is 0 Å². The standard InChI is InChI=1S/C21H30ClF3N4O/c1-2-19(30)27-17-5-3-15(4-6-17)7-8-28-9-11-29(12-10-28)20-18(22)13-16(14-26-20)21(23,24)25/h13-15,17H,2-12H2,1H3,(H,27,30)/t15-,17-. The van der Waals surface area contributed by atoms with E-state index in [0.717, 1.165) is 64.0 Å². The zero-order chi connectivity index (χ0) is 21.7. The first kappa shape index (κ1) is 23.1. The Balaban J connectivity index is 1.40. The second kappa shape index (κ2) is 10.2. The van der Waals surface area contributed by atoms with E-state index in [9.17, 15) is 18.0 Å². The Morgan fingerprint density at radius 1 is 1.20 bits per heavy atom. The van der Waals surface area contributed by atoms with Gasteiger partial charge in [-0.3, -0.25) is 9.69 Å². The first-order valence-corrected chi connectivity index (χ1v) is 11.1. The van der Waals surface area contributed by atoms with Crippen LogP contribution in [0.5, 0.6) is 0 Å². The van der Waals surface area contributed by atoms with Crippen molar-refractivity contribution in [3.05, 3.63) is 22.8 Å². The molecule has 1 aromatic rings.